The molecule has 0 saturated carbocycles. The molecule has 3 rings (SSSR count). The number of carbonyl (C=O) groups is 2. The second kappa shape index (κ2) is 15.7. The van der Waals surface area contributed by atoms with Gasteiger partial charge < -0.3 is 24.4 Å². The first-order valence-corrected chi connectivity index (χ1v) is 16.0. The van der Waals surface area contributed by atoms with Gasteiger partial charge in [0.25, 0.3) is 10.0 Å². The predicted octanol–water partition coefficient (Wildman–Crippen LogP) is 5.28. The van der Waals surface area contributed by atoms with E-state index < -0.39 is 28.5 Å². The third-order valence-electron chi connectivity index (χ3n) is 7.24. The summed E-state index contributed by atoms with van der Waals surface area (Å²) in [6.07, 6.45) is 1.02. The Morgan fingerprint density at radius 3 is 2.05 bits per heavy atom. The summed E-state index contributed by atoms with van der Waals surface area (Å²) in [4.78, 5) is 29.0. The molecule has 0 aliphatic heterocycles. The zero-order valence-corrected chi connectivity index (χ0v) is 27.4. The largest absolute Gasteiger partial charge is 0.497 e. The molecule has 238 valence electrons. The van der Waals surface area contributed by atoms with Crippen LogP contribution in [0.25, 0.3) is 0 Å². The standard InChI is InChI=1S/C32H40ClN3O7S/c1-7-22(3)34-32(38)28(8-2)35(20-23-9-15-26(41-4)16-10-23)31(37)21-36(25-13-11-24(33)12-14-25)44(39,40)27-17-18-29(42-5)30(19-27)43-6/h9-19,22,28H,7-8,20-21H2,1-6H3,(H,34,38)/t22-,28+/m1/s1. The number of ether oxygens (including phenoxy) is 3. The minimum Gasteiger partial charge on any atom is -0.497 e. The Hall–Kier alpha value is -3.96. The number of hydrogen-bond donors (Lipinski definition) is 1. The fourth-order valence-electron chi connectivity index (χ4n) is 4.53. The van der Waals surface area contributed by atoms with Gasteiger partial charge in [-0.2, -0.15) is 0 Å². The Balaban J connectivity index is 2.09. The normalized spacial score (nSPS) is 12.5. The molecule has 0 fully saturated rings. The minimum atomic E-state index is -4.32. The zero-order valence-electron chi connectivity index (χ0n) is 25.9. The first-order valence-electron chi connectivity index (χ1n) is 14.2. The molecule has 0 saturated heterocycles. The van der Waals surface area contributed by atoms with E-state index in [1.807, 2.05) is 20.8 Å². The van der Waals surface area contributed by atoms with E-state index in [1.54, 1.807) is 43.5 Å². The maximum atomic E-state index is 14.2. The van der Waals surface area contributed by atoms with E-state index >= 15 is 0 Å². The Morgan fingerprint density at radius 1 is 0.864 bits per heavy atom. The molecule has 0 aromatic heterocycles. The van der Waals surface area contributed by atoms with Crippen molar-refractivity contribution in [3.05, 3.63) is 77.3 Å². The fourth-order valence-corrected chi connectivity index (χ4v) is 6.08. The summed E-state index contributed by atoms with van der Waals surface area (Å²) in [5, 5.41) is 3.37. The third-order valence-corrected chi connectivity index (χ3v) is 9.26. The van der Waals surface area contributed by atoms with Crippen LogP contribution in [0.2, 0.25) is 5.02 Å². The Bertz CT molecular complexity index is 1520. The van der Waals surface area contributed by atoms with Gasteiger partial charge in [-0.3, -0.25) is 13.9 Å². The van der Waals surface area contributed by atoms with Crippen LogP contribution in [0.4, 0.5) is 5.69 Å². The summed E-state index contributed by atoms with van der Waals surface area (Å²) >= 11 is 6.11. The van der Waals surface area contributed by atoms with Gasteiger partial charge in [-0.1, -0.05) is 37.6 Å². The van der Waals surface area contributed by atoms with Gasteiger partial charge in [0.2, 0.25) is 11.8 Å². The summed E-state index contributed by atoms with van der Waals surface area (Å²) in [6, 6.07) is 16.5. The second-order valence-corrected chi connectivity index (χ2v) is 12.4. The average Bonchev–Trinajstić information content (AvgIpc) is 3.03. The summed E-state index contributed by atoms with van der Waals surface area (Å²) in [5.74, 6) is 0.327. The number of benzene rings is 3. The number of hydrogen-bond acceptors (Lipinski definition) is 7. The predicted molar refractivity (Wildman–Crippen MR) is 171 cm³/mol. The molecular formula is C32H40ClN3O7S. The lowest BCUT2D eigenvalue weighted by molar-refractivity contribution is -0.140. The van der Waals surface area contributed by atoms with Gasteiger partial charge in [0.05, 0.1) is 31.9 Å². The molecular weight excluding hydrogens is 606 g/mol. The molecule has 0 unspecified atom stereocenters. The molecule has 0 heterocycles. The van der Waals surface area contributed by atoms with Crippen LogP contribution < -0.4 is 23.8 Å². The van der Waals surface area contributed by atoms with Gasteiger partial charge in [-0.15, -0.1) is 0 Å². The number of anilines is 1. The Kier molecular flexibility index (Phi) is 12.3. The van der Waals surface area contributed by atoms with E-state index in [4.69, 9.17) is 25.8 Å². The molecule has 3 aromatic rings. The number of nitrogens with zero attached hydrogens (tertiary/aromatic N) is 2. The molecule has 2 atom stereocenters. The number of methoxy groups -OCH3 is 3. The minimum absolute atomic E-state index is 0.0696. The van der Waals surface area contributed by atoms with Crippen LogP contribution in [0, 0.1) is 0 Å². The molecule has 10 nitrogen and oxygen atoms in total. The van der Waals surface area contributed by atoms with Crippen LogP contribution in [0.5, 0.6) is 17.2 Å². The van der Waals surface area contributed by atoms with Crippen LogP contribution in [-0.4, -0.2) is 65.1 Å². The first-order chi connectivity index (χ1) is 21.0. The van der Waals surface area contributed by atoms with Crippen molar-refractivity contribution in [1.82, 2.24) is 10.2 Å². The number of rotatable bonds is 15. The van der Waals surface area contributed by atoms with E-state index in [0.717, 1.165) is 9.87 Å². The molecule has 0 aliphatic rings. The van der Waals surface area contributed by atoms with E-state index in [9.17, 15) is 18.0 Å². The quantitative estimate of drug-likeness (QED) is 0.239. The van der Waals surface area contributed by atoms with Gasteiger partial charge in [0.1, 0.15) is 18.3 Å². The van der Waals surface area contributed by atoms with Crippen molar-refractivity contribution in [1.29, 1.82) is 0 Å². The highest BCUT2D eigenvalue weighted by atomic mass is 35.5. The van der Waals surface area contributed by atoms with Crippen LogP contribution in [-0.2, 0) is 26.2 Å². The summed E-state index contributed by atoms with van der Waals surface area (Å²) in [7, 11) is 0.0884. The number of amides is 2. The van der Waals surface area contributed by atoms with Crippen molar-refractivity contribution in [3.8, 4) is 17.2 Å². The van der Waals surface area contributed by atoms with Crippen LogP contribution in [0.15, 0.2) is 71.6 Å². The van der Waals surface area contributed by atoms with E-state index in [-0.39, 0.29) is 34.8 Å². The first kappa shape index (κ1) is 34.5. The molecule has 0 aliphatic carbocycles. The third kappa shape index (κ3) is 8.35. The van der Waals surface area contributed by atoms with Crippen molar-refractivity contribution in [2.45, 2.75) is 57.1 Å². The summed E-state index contributed by atoms with van der Waals surface area (Å²) in [6.45, 7) is 5.14. The molecule has 0 bridgehead atoms. The highest BCUT2D eigenvalue weighted by Gasteiger charge is 2.34. The zero-order chi connectivity index (χ0) is 32.4. The number of halogens is 1. The fraction of sp³-hybridized carbons (Fsp3) is 0.375. The van der Waals surface area contributed by atoms with Gasteiger partial charge in [-0.05, 0) is 73.9 Å². The van der Waals surface area contributed by atoms with Crippen LogP contribution in [0.1, 0.15) is 39.2 Å². The van der Waals surface area contributed by atoms with Crippen LogP contribution in [0.3, 0.4) is 0 Å². The average molecular weight is 646 g/mol. The molecule has 0 radical (unpaired) electrons. The van der Waals surface area contributed by atoms with E-state index in [1.165, 1.54) is 49.5 Å². The van der Waals surface area contributed by atoms with Crippen molar-refractivity contribution in [3.63, 3.8) is 0 Å². The highest BCUT2D eigenvalue weighted by molar-refractivity contribution is 7.92. The Morgan fingerprint density at radius 2 is 1.50 bits per heavy atom. The molecule has 2 amide bonds. The molecule has 1 N–H and O–H groups in total. The molecule has 12 heteroatoms. The van der Waals surface area contributed by atoms with Gasteiger partial charge in [0, 0.05) is 23.7 Å². The van der Waals surface area contributed by atoms with Crippen molar-refractivity contribution in [2.75, 3.05) is 32.2 Å². The van der Waals surface area contributed by atoms with Crippen molar-refractivity contribution in [2.24, 2.45) is 0 Å². The number of carbonyl (C=O) groups excluding carboxylic acids is 2. The molecule has 44 heavy (non-hydrogen) atoms. The molecule has 0 spiro atoms. The highest BCUT2D eigenvalue weighted by Crippen LogP contribution is 2.33. The van der Waals surface area contributed by atoms with E-state index in [2.05, 4.69) is 5.32 Å². The van der Waals surface area contributed by atoms with Crippen molar-refractivity contribution < 1.29 is 32.2 Å². The number of sulfonamides is 1. The monoisotopic (exact) mass is 645 g/mol. The topological polar surface area (TPSA) is 114 Å². The second-order valence-electron chi connectivity index (χ2n) is 10.1. The van der Waals surface area contributed by atoms with Crippen LogP contribution >= 0.6 is 11.6 Å². The maximum absolute atomic E-state index is 14.2. The smallest absolute Gasteiger partial charge is 0.264 e. The summed E-state index contributed by atoms with van der Waals surface area (Å²) < 4.78 is 45.2. The maximum Gasteiger partial charge on any atom is 0.264 e. The molecule has 3 aromatic carbocycles. The van der Waals surface area contributed by atoms with Crippen molar-refractivity contribution >= 4 is 39.1 Å². The SMILES string of the molecule is CC[C@@H](C)NC(=O)[C@H](CC)N(Cc1ccc(OC)cc1)C(=O)CN(c1ccc(Cl)cc1)S(=O)(=O)c1ccc(OC)c(OC)c1. The lowest BCUT2D eigenvalue weighted by Crippen LogP contribution is -2.53. The number of nitrogens with one attached hydrogen (secondary N) is 1. The van der Waals surface area contributed by atoms with Gasteiger partial charge in [-0.25, -0.2) is 8.42 Å². The lowest BCUT2D eigenvalue weighted by Gasteiger charge is -2.33. The Labute approximate surface area is 264 Å². The van der Waals surface area contributed by atoms with E-state index in [0.29, 0.717) is 29.4 Å². The lowest BCUT2D eigenvalue weighted by atomic mass is 10.1. The van der Waals surface area contributed by atoms with Gasteiger partial charge >= 0.3 is 0 Å². The van der Waals surface area contributed by atoms with Gasteiger partial charge in [0.15, 0.2) is 11.5 Å². The summed E-state index contributed by atoms with van der Waals surface area (Å²) in [5.41, 5.74) is 0.966.